The molecule has 0 radical (unpaired) electrons. The zero-order valence-electron chi connectivity index (χ0n) is 14.7. The van der Waals surface area contributed by atoms with Gasteiger partial charge in [-0.2, -0.15) is 0 Å². The molecule has 4 rings (SSSR count). The van der Waals surface area contributed by atoms with Crippen LogP contribution < -0.4 is 5.32 Å². The van der Waals surface area contributed by atoms with Gasteiger partial charge in [-0.15, -0.1) is 0 Å². The van der Waals surface area contributed by atoms with Crippen molar-refractivity contribution in [3.63, 3.8) is 0 Å². The molecule has 134 valence electrons. The molecule has 0 bridgehead atoms. The summed E-state index contributed by atoms with van der Waals surface area (Å²) in [6, 6.07) is 18.8. The standard InChI is InChI=1S/C22H17FN2O2/c1-2-14-3-5-16(6-4-14)22-25-19-12-11-18(13-20(19)27-22)24-21(26)15-7-9-17(23)10-8-15/h3-13H,2H2,1H3,(H,24,26). The Balaban J connectivity index is 1.58. The predicted octanol–water partition coefficient (Wildman–Crippen LogP) is 5.45. The Hall–Kier alpha value is -3.47. The quantitative estimate of drug-likeness (QED) is 0.526. The van der Waals surface area contributed by atoms with E-state index in [4.69, 9.17) is 4.42 Å². The second-order valence-corrected chi connectivity index (χ2v) is 6.21. The van der Waals surface area contributed by atoms with Crippen LogP contribution in [0.4, 0.5) is 10.1 Å². The van der Waals surface area contributed by atoms with Crippen molar-refractivity contribution in [2.45, 2.75) is 13.3 Å². The number of nitrogens with zero attached hydrogens (tertiary/aromatic N) is 1. The van der Waals surface area contributed by atoms with E-state index in [0.29, 0.717) is 28.2 Å². The summed E-state index contributed by atoms with van der Waals surface area (Å²) in [6.07, 6.45) is 0.977. The van der Waals surface area contributed by atoms with Crippen LogP contribution in [0.2, 0.25) is 0 Å². The summed E-state index contributed by atoms with van der Waals surface area (Å²) in [5.74, 6) is -0.159. The number of aryl methyl sites for hydroxylation is 1. The molecule has 3 aromatic carbocycles. The van der Waals surface area contributed by atoms with Gasteiger partial charge in [0.2, 0.25) is 5.89 Å². The zero-order valence-corrected chi connectivity index (χ0v) is 14.7. The molecule has 1 heterocycles. The number of aromatic nitrogens is 1. The second kappa shape index (κ2) is 7.03. The van der Waals surface area contributed by atoms with Crippen molar-refractivity contribution in [2.24, 2.45) is 0 Å². The highest BCUT2D eigenvalue weighted by Gasteiger charge is 2.11. The number of anilines is 1. The van der Waals surface area contributed by atoms with Crippen LogP contribution in [0, 0.1) is 5.82 Å². The van der Waals surface area contributed by atoms with Gasteiger partial charge in [0, 0.05) is 22.9 Å². The van der Waals surface area contributed by atoms with Gasteiger partial charge in [-0.3, -0.25) is 4.79 Å². The van der Waals surface area contributed by atoms with Crippen molar-refractivity contribution in [1.82, 2.24) is 4.98 Å². The molecule has 0 saturated carbocycles. The molecule has 0 aliphatic heterocycles. The average Bonchev–Trinajstić information content (AvgIpc) is 3.12. The molecule has 0 fully saturated rings. The number of carbonyl (C=O) groups is 1. The number of amides is 1. The lowest BCUT2D eigenvalue weighted by atomic mass is 10.1. The molecule has 1 aromatic heterocycles. The predicted molar refractivity (Wildman–Crippen MR) is 103 cm³/mol. The number of hydrogen-bond donors (Lipinski definition) is 1. The van der Waals surface area contributed by atoms with Gasteiger partial charge in [0.05, 0.1) is 0 Å². The molecule has 0 saturated heterocycles. The molecule has 0 aliphatic rings. The first-order valence-electron chi connectivity index (χ1n) is 8.69. The summed E-state index contributed by atoms with van der Waals surface area (Å²) >= 11 is 0. The van der Waals surface area contributed by atoms with E-state index in [1.165, 1.54) is 29.8 Å². The Labute approximate surface area is 155 Å². The van der Waals surface area contributed by atoms with Crippen molar-refractivity contribution in [1.29, 1.82) is 0 Å². The minimum Gasteiger partial charge on any atom is -0.436 e. The van der Waals surface area contributed by atoms with Crippen molar-refractivity contribution < 1.29 is 13.6 Å². The van der Waals surface area contributed by atoms with Gasteiger partial charge in [-0.05, 0) is 60.5 Å². The number of fused-ring (bicyclic) bond motifs is 1. The van der Waals surface area contributed by atoms with Gasteiger partial charge in [0.25, 0.3) is 5.91 Å². The average molecular weight is 360 g/mol. The van der Waals surface area contributed by atoms with E-state index < -0.39 is 0 Å². The molecule has 0 unspecified atom stereocenters. The van der Waals surface area contributed by atoms with Gasteiger partial charge < -0.3 is 9.73 Å². The highest BCUT2D eigenvalue weighted by molar-refractivity contribution is 6.04. The second-order valence-electron chi connectivity index (χ2n) is 6.21. The first-order valence-corrected chi connectivity index (χ1v) is 8.69. The van der Waals surface area contributed by atoms with E-state index in [-0.39, 0.29) is 11.7 Å². The maximum absolute atomic E-state index is 13.0. The summed E-state index contributed by atoms with van der Waals surface area (Å²) in [4.78, 5) is 16.8. The SMILES string of the molecule is CCc1ccc(-c2nc3ccc(NC(=O)c4ccc(F)cc4)cc3o2)cc1. The molecule has 1 amide bonds. The monoisotopic (exact) mass is 360 g/mol. The van der Waals surface area contributed by atoms with Crippen LogP contribution in [0.5, 0.6) is 0 Å². The third-order valence-electron chi connectivity index (χ3n) is 4.36. The molecule has 27 heavy (non-hydrogen) atoms. The van der Waals surface area contributed by atoms with Crippen LogP contribution >= 0.6 is 0 Å². The number of hydrogen-bond acceptors (Lipinski definition) is 3. The topological polar surface area (TPSA) is 55.1 Å². The minimum absolute atomic E-state index is 0.316. The molecule has 0 atom stereocenters. The normalized spacial score (nSPS) is 10.9. The van der Waals surface area contributed by atoms with Crippen LogP contribution in [0.1, 0.15) is 22.8 Å². The van der Waals surface area contributed by atoms with Gasteiger partial charge in [0.1, 0.15) is 11.3 Å². The fraction of sp³-hybridized carbons (Fsp3) is 0.0909. The summed E-state index contributed by atoms with van der Waals surface area (Å²) < 4.78 is 18.8. The Bertz CT molecular complexity index is 1100. The van der Waals surface area contributed by atoms with Crippen LogP contribution in [0.15, 0.2) is 71.1 Å². The number of rotatable bonds is 4. The Morgan fingerprint density at radius 3 is 2.48 bits per heavy atom. The Morgan fingerprint density at radius 2 is 1.78 bits per heavy atom. The highest BCUT2D eigenvalue weighted by atomic mass is 19.1. The van der Waals surface area contributed by atoms with Crippen LogP contribution in [-0.2, 0) is 6.42 Å². The lowest BCUT2D eigenvalue weighted by Crippen LogP contribution is -2.11. The number of oxazole rings is 1. The van der Waals surface area contributed by atoms with Gasteiger partial charge in [-0.1, -0.05) is 19.1 Å². The van der Waals surface area contributed by atoms with Gasteiger partial charge in [-0.25, -0.2) is 9.37 Å². The van der Waals surface area contributed by atoms with E-state index >= 15 is 0 Å². The summed E-state index contributed by atoms with van der Waals surface area (Å²) in [5.41, 5.74) is 4.42. The van der Waals surface area contributed by atoms with E-state index in [0.717, 1.165) is 12.0 Å². The lowest BCUT2D eigenvalue weighted by molar-refractivity contribution is 0.102. The van der Waals surface area contributed by atoms with E-state index in [2.05, 4.69) is 29.4 Å². The molecule has 4 nitrogen and oxygen atoms in total. The number of halogens is 1. The molecule has 1 N–H and O–H groups in total. The fourth-order valence-corrected chi connectivity index (χ4v) is 2.81. The first-order chi connectivity index (χ1) is 13.1. The fourth-order valence-electron chi connectivity index (χ4n) is 2.81. The number of nitrogens with one attached hydrogen (secondary N) is 1. The summed E-state index contributed by atoms with van der Waals surface area (Å²) in [5, 5.41) is 2.78. The largest absolute Gasteiger partial charge is 0.436 e. The lowest BCUT2D eigenvalue weighted by Gasteiger charge is -2.04. The van der Waals surface area contributed by atoms with Crippen LogP contribution in [0.25, 0.3) is 22.6 Å². The smallest absolute Gasteiger partial charge is 0.255 e. The highest BCUT2D eigenvalue weighted by Crippen LogP contribution is 2.27. The third kappa shape index (κ3) is 3.58. The molecule has 0 spiro atoms. The van der Waals surface area contributed by atoms with Crippen molar-refractivity contribution in [2.75, 3.05) is 5.32 Å². The number of benzene rings is 3. The van der Waals surface area contributed by atoms with E-state index in [1.54, 1.807) is 18.2 Å². The van der Waals surface area contributed by atoms with E-state index in [9.17, 15) is 9.18 Å². The molecule has 4 aromatic rings. The maximum Gasteiger partial charge on any atom is 0.255 e. The van der Waals surface area contributed by atoms with Gasteiger partial charge >= 0.3 is 0 Å². The maximum atomic E-state index is 13.0. The van der Waals surface area contributed by atoms with Gasteiger partial charge in [0.15, 0.2) is 5.58 Å². The summed E-state index contributed by atoms with van der Waals surface area (Å²) in [7, 11) is 0. The molecular weight excluding hydrogens is 343 g/mol. The Morgan fingerprint density at radius 1 is 1.04 bits per heavy atom. The van der Waals surface area contributed by atoms with Crippen molar-refractivity contribution in [3.8, 4) is 11.5 Å². The molecule has 0 aliphatic carbocycles. The van der Waals surface area contributed by atoms with Crippen LogP contribution in [-0.4, -0.2) is 10.9 Å². The van der Waals surface area contributed by atoms with Crippen molar-refractivity contribution in [3.05, 3.63) is 83.7 Å². The Kier molecular flexibility index (Phi) is 4.42. The first kappa shape index (κ1) is 17.0. The number of carbonyl (C=O) groups excluding carboxylic acids is 1. The molecular formula is C22H17FN2O2. The van der Waals surface area contributed by atoms with E-state index in [1.807, 2.05) is 12.1 Å². The molecule has 5 heteroatoms. The zero-order chi connectivity index (χ0) is 18.8. The van der Waals surface area contributed by atoms with Crippen molar-refractivity contribution >= 4 is 22.7 Å². The minimum atomic E-state index is -0.380. The third-order valence-corrected chi connectivity index (χ3v) is 4.36. The summed E-state index contributed by atoms with van der Waals surface area (Å²) in [6.45, 7) is 2.11. The van der Waals surface area contributed by atoms with Crippen LogP contribution in [0.3, 0.4) is 0 Å².